The van der Waals surface area contributed by atoms with Gasteiger partial charge in [0.05, 0.1) is 11.0 Å². The fourth-order valence-electron chi connectivity index (χ4n) is 2.76. The molecule has 1 saturated carbocycles. The standard InChI is InChI=1S/C17H21N3OS/c21-17(19-10-9-15-18-11-12-22-15)20-16(14-7-4-8-14)13-5-2-1-3-6-13/h1-3,5-6,11-12,14,16H,4,7-10H2,(H2,19,20,21)/t16-/m0/s1. The number of hydrogen-bond acceptors (Lipinski definition) is 3. The summed E-state index contributed by atoms with van der Waals surface area (Å²) in [6, 6.07) is 10.3. The van der Waals surface area contributed by atoms with Crippen LogP contribution >= 0.6 is 11.3 Å². The van der Waals surface area contributed by atoms with Gasteiger partial charge in [-0.3, -0.25) is 0 Å². The number of rotatable bonds is 6. The third-order valence-electron chi connectivity index (χ3n) is 4.17. The van der Waals surface area contributed by atoms with Crippen LogP contribution in [0.3, 0.4) is 0 Å². The van der Waals surface area contributed by atoms with Crippen molar-refractivity contribution in [2.24, 2.45) is 5.92 Å². The van der Waals surface area contributed by atoms with E-state index in [2.05, 4.69) is 27.8 Å². The van der Waals surface area contributed by atoms with Gasteiger partial charge in [0, 0.05) is 24.5 Å². The molecule has 5 heteroatoms. The molecule has 0 radical (unpaired) electrons. The van der Waals surface area contributed by atoms with Crippen molar-refractivity contribution >= 4 is 17.4 Å². The molecule has 2 aromatic rings. The molecule has 2 amide bonds. The highest BCUT2D eigenvalue weighted by Gasteiger charge is 2.29. The molecule has 1 fully saturated rings. The Morgan fingerprint density at radius 1 is 1.32 bits per heavy atom. The normalized spacial score (nSPS) is 15.8. The van der Waals surface area contributed by atoms with Crippen molar-refractivity contribution in [3.8, 4) is 0 Å². The second-order valence-electron chi connectivity index (χ2n) is 5.66. The summed E-state index contributed by atoms with van der Waals surface area (Å²) < 4.78 is 0. The van der Waals surface area contributed by atoms with E-state index in [9.17, 15) is 4.79 Å². The zero-order valence-corrected chi connectivity index (χ0v) is 13.3. The molecule has 0 unspecified atom stereocenters. The smallest absolute Gasteiger partial charge is 0.315 e. The molecule has 1 aliphatic carbocycles. The van der Waals surface area contributed by atoms with E-state index in [1.165, 1.54) is 24.8 Å². The highest BCUT2D eigenvalue weighted by molar-refractivity contribution is 7.09. The van der Waals surface area contributed by atoms with Crippen LogP contribution in [0.5, 0.6) is 0 Å². The second kappa shape index (κ2) is 7.40. The number of nitrogens with zero attached hydrogens (tertiary/aromatic N) is 1. The lowest BCUT2D eigenvalue weighted by atomic mass is 9.77. The largest absolute Gasteiger partial charge is 0.338 e. The van der Waals surface area contributed by atoms with Crippen LogP contribution in [0.25, 0.3) is 0 Å². The highest BCUT2D eigenvalue weighted by Crippen LogP contribution is 2.37. The summed E-state index contributed by atoms with van der Waals surface area (Å²) in [6.07, 6.45) is 6.23. The molecule has 4 nitrogen and oxygen atoms in total. The fraction of sp³-hybridized carbons (Fsp3) is 0.412. The van der Waals surface area contributed by atoms with E-state index in [1.807, 2.05) is 23.6 Å². The molecule has 1 aromatic carbocycles. The first-order chi connectivity index (χ1) is 10.8. The minimum atomic E-state index is -0.0858. The van der Waals surface area contributed by atoms with Crippen LogP contribution in [-0.4, -0.2) is 17.6 Å². The van der Waals surface area contributed by atoms with Gasteiger partial charge in [0.15, 0.2) is 0 Å². The Kier molecular flexibility index (Phi) is 5.06. The van der Waals surface area contributed by atoms with Crippen molar-refractivity contribution in [1.29, 1.82) is 0 Å². The van der Waals surface area contributed by atoms with Crippen LogP contribution in [0.1, 0.15) is 35.9 Å². The van der Waals surface area contributed by atoms with Crippen molar-refractivity contribution in [2.45, 2.75) is 31.7 Å². The molecule has 3 rings (SSSR count). The lowest BCUT2D eigenvalue weighted by Gasteiger charge is -2.34. The van der Waals surface area contributed by atoms with Crippen molar-refractivity contribution in [3.05, 3.63) is 52.5 Å². The number of nitrogens with one attached hydrogen (secondary N) is 2. The third-order valence-corrected chi connectivity index (χ3v) is 5.01. The molecule has 1 aromatic heterocycles. The average molecular weight is 315 g/mol. The Morgan fingerprint density at radius 3 is 2.77 bits per heavy atom. The van der Waals surface area contributed by atoms with Gasteiger partial charge in [-0.15, -0.1) is 11.3 Å². The number of amides is 2. The third kappa shape index (κ3) is 3.85. The topological polar surface area (TPSA) is 54.0 Å². The molecular formula is C17H21N3OS. The van der Waals surface area contributed by atoms with Crippen molar-refractivity contribution in [3.63, 3.8) is 0 Å². The fourth-order valence-corrected chi connectivity index (χ4v) is 3.38. The minimum absolute atomic E-state index is 0.0858. The van der Waals surface area contributed by atoms with Crippen LogP contribution in [0.15, 0.2) is 41.9 Å². The number of carbonyl (C=O) groups excluding carboxylic acids is 1. The van der Waals surface area contributed by atoms with E-state index < -0.39 is 0 Å². The van der Waals surface area contributed by atoms with Gasteiger partial charge in [-0.25, -0.2) is 9.78 Å². The molecular weight excluding hydrogens is 294 g/mol. The highest BCUT2D eigenvalue weighted by atomic mass is 32.1. The first-order valence-corrected chi connectivity index (χ1v) is 8.68. The summed E-state index contributed by atoms with van der Waals surface area (Å²) >= 11 is 1.62. The van der Waals surface area contributed by atoms with Gasteiger partial charge in [-0.1, -0.05) is 36.8 Å². The van der Waals surface area contributed by atoms with Gasteiger partial charge in [0.1, 0.15) is 0 Å². The molecule has 1 heterocycles. The predicted octanol–water partition coefficient (Wildman–Crippen LogP) is 3.53. The molecule has 1 atom stereocenters. The zero-order chi connectivity index (χ0) is 15.2. The van der Waals surface area contributed by atoms with E-state index in [0.29, 0.717) is 12.5 Å². The Labute approximate surface area is 135 Å². The zero-order valence-electron chi connectivity index (χ0n) is 12.5. The second-order valence-corrected chi connectivity index (χ2v) is 6.63. The molecule has 1 aliphatic rings. The monoisotopic (exact) mass is 315 g/mol. The van der Waals surface area contributed by atoms with Gasteiger partial charge in [-0.2, -0.15) is 0 Å². The maximum atomic E-state index is 12.2. The van der Waals surface area contributed by atoms with E-state index in [4.69, 9.17) is 0 Å². The Morgan fingerprint density at radius 2 is 2.14 bits per heavy atom. The van der Waals surface area contributed by atoms with E-state index in [0.717, 1.165) is 11.4 Å². The number of urea groups is 1. The quantitative estimate of drug-likeness (QED) is 0.857. The lowest BCUT2D eigenvalue weighted by molar-refractivity contribution is 0.208. The number of carbonyl (C=O) groups is 1. The van der Waals surface area contributed by atoms with Gasteiger partial charge < -0.3 is 10.6 Å². The summed E-state index contributed by atoms with van der Waals surface area (Å²) in [4.78, 5) is 16.4. The van der Waals surface area contributed by atoms with Crippen molar-refractivity contribution < 1.29 is 4.79 Å². The maximum absolute atomic E-state index is 12.2. The molecule has 2 N–H and O–H groups in total. The summed E-state index contributed by atoms with van der Waals surface area (Å²) in [5.41, 5.74) is 1.20. The van der Waals surface area contributed by atoms with Crippen LogP contribution in [0, 0.1) is 5.92 Å². The van der Waals surface area contributed by atoms with Crippen molar-refractivity contribution in [1.82, 2.24) is 15.6 Å². The molecule has 0 spiro atoms. The number of thiazole rings is 1. The summed E-state index contributed by atoms with van der Waals surface area (Å²) in [7, 11) is 0. The Balaban J connectivity index is 1.52. The molecule has 22 heavy (non-hydrogen) atoms. The maximum Gasteiger partial charge on any atom is 0.315 e. The predicted molar refractivity (Wildman–Crippen MR) is 88.9 cm³/mol. The average Bonchev–Trinajstić information content (AvgIpc) is 2.99. The summed E-state index contributed by atoms with van der Waals surface area (Å²) in [5, 5.41) is 9.10. The van der Waals surface area contributed by atoms with Gasteiger partial charge >= 0.3 is 6.03 Å². The first-order valence-electron chi connectivity index (χ1n) is 7.80. The van der Waals surface area contributed by atoms with Crippen LogP contribution in [0.4, 0.5) is 4.79 Å². The van der Waals surface area contributed by atoms with E-state index in [-0.39, 0.29) is 12.1 Å². The van der Waals surface area contributed by atoms with Gasteiger partial charge in [0.25, 0.3) is 0 Å². The van der Waals surface area contributed by atoms with Gasteiger partial charge in [0.2, 0.25) is 0 Å². The molecule has 0 saturated heterocycles. The molecule has 116 valence electrons. The summed E-state index contributed by atoms with van der Waals surface area (Å²) in [5.74, 6) is 0.562. The van der Waals surface area contributed by atoms with E-state index >= 15 is 0 Å². The Hall–Kier alpha value is -1.88. The molecule has 0 aliphatic heterocycles. The SMILES string of the molecule is O=C(NCCc1nccs1)N[C@@H](c1ccccc1)C1CCC1. The summed E-state index contributed by atoms with van der Waals surface area (Å²) in [6.45, 7) is 0.617. The number of hydrogen-bond donors (Lipinski definition) is 2. The molecule has 0 bridgehead atoms. The van der Waals surface area contributed by atoms with Crippen molar-refractivity contribution in [2.75, 3.05) is 6.54 Å². The Bertz CT molecular complexity index is 581. The van der Waals surface area contributed by atoms with Crippen LogP contribution in [-0.2, 0) is 6.42 Å². The van der Waals surface area contributed by atoms with Gasteiger partial charge in [-0.05, 0) is 24.3 Å². The van der Waals surface area contributed by atoms with Crippen LogP contribution in [0.2, 0.25) is 0 Å². The first kappa shape index (κ1) is 15.0. The van der Waals surface area contributed by atoms with Crippen LogP contribution < -0.4 is 10.6 Å². The minimum Gasteiger partial charge on any atom is -0.338 e. The number of aromatic nitrogens is 1. The lowest BCUT2D eigenvalue weighted by Crippen LogP contribution is -2.42. The number of benzene rings is 1. The van der Waals surface area contributed by atoms with E-state index in [1.54, 1.807) is 17.5 Å².